The fraction of sp³-hybridized carbons (Fsp3) is 0.429. The van der Waals surface area contributed by atoms with Gasteiger partial charge in [-0.1, -0.05) is 17.9 Å². The topological polar surface area (TPSA) is 69.9 Å². The maximum absolute atomic E-state index is 9.15. The Balaban J connectivity index is 2.29. The fourth-order valence-electron chi connectivity index (χ4n) is 1.30. The predicted molar refractivity (Wildman–Crippen MR) is 76.3 cm³/mol. The lowest BCUT2D eigenvalue weighted by atomic mass is 10.2. The fourth-order valence-corrected chi connectivity index (χ4v) is 2.04. The van der Waals surface area contributed by atoms with E-state index in [4.69, 9.17) is 20.1 Å². The van der Waals surface area contributed by atoms with Crippen molar-refractivity contribution in [2.24, 2.45) is 0 Å². The number of aliphatic hydroxyl groups excluding tert-OH is 3. The van der Waals surface area contributed by atoms with Gasteiger partial charge in [-0.3, -0.25) is 0 Å². The van der Waals surface area contributed by atoms with Crippen molar-refractivity contribution in [1.82, 2.24) is 0 Å². The minimum Gasteiger partial charge on any atom is -0.493 e. The molecule has 0 aliphatic rings. The molecule has 1 atom stereocenters. The van der Waals surface area contributed by atoms with Crippen LogP contribution in [0.4, 0.5) is 0 Å². The number of ether oxygens (including phenoxy) is 1. The van der Waals surface area contributed by atoms with Gasteiger partial charge in [0, 0.05) is 17.1 Å². The minimum atomic E-state index is -0.665. The van der Waals surface area contributed by atoms with Crippen molar-refractivity contribution in [2.45, 2.75) is 6.10 Å². The molecule has 104 valence electrons. The molecule has 19 heavy (non-hydrogen) atoms. The minimum absolute atomic E-state index is 0.158. The van der Waals surface area contributed by atoms with E-state index in [1.807, 2.05) is 24.3 Å². The molecule has 0 saturated carbocycles. The summed E-state index contributed by atoms with van der Waals surface area (Å²) in [5, 5.41) is 26.4. The summed E-state index contributed by atoms with van der Waals surface area (Å²) < 4.78 is 5.55. The van der Waals surface area contributed by atoms with Gasteiger partial charge in [0.25, 0.3) is 0 Å². The van der Waals surface area contributed by atoms with E-state index in [2.05, 4.69) is 11.8 Å². The van der Waals surface area contributed by atoms with E-state index in [0.717, 1.165) is 17.1 Å². The second-order valence-corrected chi connectivity index (χ2v) is 4.90. The highest BCUT2D eigenvalue weighted by Gasteiger charge is 2.01. The molecule has 1 aromatic rings. The van der Waals surface area contributed by atoms with Crippen LogP contribution in [0.15, 0.2) is 24.3 Å². The summed E-state index contributed by atoms with van der Waals surface area (Å²) in [5.74, 6) is 7.37. The SMILES string of the molecule is OCC#Cc1cccc(OCCSCC(O)CO)c1. The molecule has 0 aliphatic carbocycles. The molecular formula is C14H18O4S. The molecule has 5 heteroatoms. The Hall–Kier alpha value is -1.19. The molecule has 0 heterocycles. The van der Waals surface area contributed by atoms with Crippen molar-refractivity contribution in [2.75, 3.05) is 31.3 Å². The van der Waals surface area contributed by atoms with Crippen LogP contribution < -0.4 is 4.74 Å². The largest absolute Gasteiger partial charge is 0.493 e. The van der Waals surface area contributed by atoms with Crippen LogP contribution in [0.25, 0.3) is 0 Å². The van der Waals surface area contributed by atoms with Crippen molar-refractivity contribution in [3.05, 3.63) is 29.8 Å². The maximum atomic E-state index is 9.15. The van der Waals surface area contributed by atoms with E-state index in [0.29, 0.717) is 12.4 Å². The molecule has 0 amide bonds. The molecule has 1 unspecified atom stereocenters. The van der Waals surface area contributed by atoms with Crippen LogP contribution in [0.1, 0.15) is 5.56 Å². The zero-order valence-electron chi connectivity index (χ0n) is 10.6. The molecule has 0 saturated heterocycles. The molecular weight excluding hydrogens is 264 g/mol. The maximum Gasteiger partial charge on any atom is 0.120 e. The van der Waals surface area contributed by atoms with Crippen molar-refractivity contribution >= 4 is 11.8 Å². The first kappa shape index (κ1) is 15.9. The highest BCUT2D eigenvalue weighted by atomic mass is 32.2. The lowest BCUT2D eigenvalue weighted by molar-refractivity contribution is 0.113. The Labute approximate surface area is 117 Å². The van der Waals surface area contributed by atoms with Crippen LogP contribution in [0.2, 0.25) is 0 Å². The molecule has 0 aliphatic heterocycles. The molecule has 0 bridgehead atoms. The summed E-state index contributed by atoms with van der Waals surface area (Å²) in [4.78, 5) is 0. The van der Waals surface area contributed by atoms with Gasteiger partial charge in [0.05, 0.1) is 19.3 Å². The number of hydrogen-bond acceptors (Lipinski definition) is 5. The van der Waals surface area contributed by atoms with Gasteiger partial charge in [-0.25, -0.2) is 0 Å². The lowest BCUT2D eigenvalue weighted by Gasteiger charge is -2.08. The van der Waals surface area contributed by atoms with Crippen LogP contribution in [0, 0.1) is 11.8 Å². The third-order valence-corrected chi connectivity index (χ3v) is 3.24. The molecule has 1 aromatic carbocycles. The van der Waals surface area contributed by atoms with Crippen LogP contribution in [-0.2, 0) is 0 Å². The molecule has 0 aromatic heterocycles. The second-order valence-electron chi connectivity index (χ2n) is 3.75. The molecule has 1 rings (SSSR count). The van der Waals surface area contributed by atoms with Crippen molar-refractivity contribution < 1.29 is 20.1 Å². The van der Waals surface area contributed by atoms with Crippen LogP contribution in [-0.4, -0.2) is 52.7 Å². The lowest BCUT2D eigenvalue weighted by Crippen LogP contribution is -2.15. The first-order valence-corrected chi connectivity index (χ1v) is 7.11. The van der Waals surface area contributed by atoms with Gasteiger partial charge in [-0.15, -0.1) is 0 Å². The van der Waals surface area contributed by atoms with E-state index < -0.39 is 6.10 Å². The van der Waals surface area contributed by atoms with Crippen LogP contribution in [0.5, 0.6) is 5.75 Å². The monoisotopic (exact) mass is 282 g/mol. The van der Waals surface area contributed by atoms with Gasteiger partial charge < -0.3 is 20.1 Å². The van der Waals surface area contributed by atoms with Gasteiger partial charge in [-0.2, -0.15) is 11.8 Å². The molecule has 3 N–H and O–H groups in total. The first-order valence-electron chi connectivity index (χ1n) is 5.95. The Morgan fingerprint density at radius 2 is 2.16 bits per heavy atom. The normalized spacial score (nSPS) is 11.5. The summed E-state index contributed by atoms with van der Waals surface area (Å²) in [7, 11) is 0. The van der Waals surface area contributed by atoms with Gasteiger partial charge in [0.2, 0.25) is 0 Å². The Kier molecular flexibility index (Phi) is 8.10. The number of hydrogen-bond donors (Lipinski definition) is 3. The molecule has 4 nitrogen and oxygen atoms in total. The number of thioether (sulfide) groups is 1. The Morgan fingerprint density at radius 3 is 2.89 bits per heavy atom. The third kappa shape index (κ3) is 7.09. The van der Waals surface area contributed by atoms with E-state index >= 15 is 0 Å². The summed E-state index contributed by atoms with van der Waals surface area (Å²) in [6.45, 7) is 0.161. The number of benzene rings is 1. The van der Waals surface area contributed by atoms with Crippen molar-refractivity contribution in [1.29, 1.82) is 0 Å². The van der Waals surface area contributed by atoms with E-state index in [1.54, 1.807) is 0 Å². The van der Waals surface area contributed by atoms with Gasteiger partial charge in [0.1, 0.15) is 12.4 Å². The predicted octanol–water partition coefficient (Wildman–Crippen LogP) is 0.496. The summed E-state index contributed by atoms with van der Waals surface area (Å²) in [5.41, 5.74) is 0.801. The third-order valence-electron chi connectivity index (χ3n) is 2.16. The van der Waals surface area contributed by atoms with Crippen LogP contribution in [0.3, 0.4) is 0 Å². The second kappa shape index (κ2) is 9.70. The highest BCUT2D eigenvalue weighted by molar-refractivity contribution is 7.99. The number of rotatable bonds is 7. The quantitative estimate of drug-likeness (QED) is 0.502. The van der Waals surface area contributed by atoms with E-state index in [1.165, 1.54) is 11.8 Å². The van der Waals surface area contributed by atoms with E-state index in [-0.39, 0.29) is 13.2 Å². The van der Waals surface area contributed by atoms with Crippen molar-refractivity contribution in [3.63, 3.8) is 0 Å². The Bertz CT molecular complexity index is 425. The summed E-state index contributed by atoms with van der Waals surface area (Å²) >= 11 is 1.53. The molecule has 0 fully saturated rings. The zero-order valence-corrected chi connectivity index (χ0v) is 11.4. The smallest absolute Gasteiger partial charge is 0.120 e. The van der Waals surface area contributed by atoms with Gasteiger partial charge in [0.15, 0.2) is 0 Å². The van der Waals surface area contributed by atoms with Crippen molar-refractivity contribution in [3.8, 4) is 17.6 Å². The summed E-state index contributed by atoms with van der Waals surface area (Å²) in [6, 6.07) is 7.36. The average molecular weight is 282 g/mol. The van der Waals surface area contributed by atoms with Gasteiger partial charge >= 0.3 is 0 Å². The average Bonchev–Trinajstić information content (AvgIpc) is 2.45. The van der Waals surface area contributed by atoms with Crippen LogP contribution >= 0.6 is 11.8 Å². The standard InChI is InChI=1S/C14H18O4S/c15-6-2-4-12-3-1-5-14(9-12)18-7-8-19-11-13(17)10-16/h1,3,5,9,13,15-17H,6-8,10-11H2. The zero-order chi connectivity index (χ0) is 13.9. The van der Waals surface area contributed by atoms with Gasteiger partial charge in [-0.05, 0) is 18.2 Å². The Morgan fingerprint density at radius 1 is 1.32 bits per heavy atom. The first-order chi connectivity index (χ1) is 9.26. The molecule has 0 radical (unpaired) electrons. The molecule has 0 spiro atoms. The van der Waals surface area contributed by atoms with E-state index in [9.17, 15) is 0 Å². The highest BCUT2D eigenvalue weighted by Crippen LogP contribution is 2.13. The number of aliphatic hydroxyl groups is 3. The summed E-state index contributed by atoms with van der Waals surface area (Å²) in [6.07, 6.45) is -0.665.